The Kier molecular flexibility index (Phi) is 17.7. The molecule has 1 N–H and O–H groups in total. The highest BCUT2D eigenvalue weighted by atomic mass is 16.5. The number of carbonyl (C=O) groups excluding carboxylic acids is 1. The van der Waals surface area contributed by atoms with Crippen molar-refractivity contribution in [2.75, 3.05) is 6.61 Å². The third kappa shape index (κ3) is 17.9. The molecule has 32 heavy (non-hydrogen) atoms. The summed E-state index contributed by atoms with van der Waals surface area (Å²) < 4.78 is 5.30. The number of amides is 1. The van der Waals surface area contributed by atoms with Crippen LogP contribution in [0.5, 0.6) is 0 Å². The Hall–Kier alpha value is -1.77. The molecular weight excluding hydrogens is 394 g/mol. The third-order valence-electron chi connectivity index (χ3n) is 5.71. The van der Waals surface area contributed by atoms with E-state index in [0.29, 0.717) is 12.5 Å². The second-order valence-corrected chi connectivity index (χ2v) is 9.65. The Bertz CT molecular complexity index is 636. The van der Waals surface area contributed by atoms with E-state index in [9.17, 15) is 4.79 Å². The van der Waals surface area contributed by atoms with Gasteiger partial charge in [-0.2, -0.15) is 0 Å². The summed E-state index contributed by atoms with van der Waals surface area (Å²) in [5.41, 5.74) is 5.70. The molecule has 0 aliphatic heterocycles. The number of alkyl carbamates (subject to hydrolysis) is 1. The van der Waals surface area contributed by atoms with E-state index in [1.807, 2.05) is 0 Å². The van der Waals surface area contributed by atoms with Gasteiger partial charge in [-0.05, 0) is 99.3 Å². The first kappa shape index (κ1) is 30.2. The minimum absolute atomic E-state index is 0.0906. The molecule has 0 spiro atoms. The molecular formula is C29H51NO2. The summed E-state index contributed by atoms with van der Waals surface area (Å²) in [6.07, 6.45) is 18.7. The van der Waals surface area contributed by atoms with Crippen molar-refractivity contribution in [1.82, 2.24) is 5.32 Å². The number of rotatable bonds is 16. The molecule has 0 saturated carbocycles. The van der Waals surface area contributed by atoms with E-state index < -0.39 is 0 Å². The van der Waals surface area contributed by atoms with E-state index in [0.717, 1.165) is 57.8 Å². The summed E-state index contributed by atoms with van der Waals surface area (Å²) in [6.45, 7) is 17.8. The molecule has 3 heteroatoms. The Labute approximate surface area is 199 Å². The van der Waals surface area contributed by atoms with Gasteiger partial charge in [-0.15, -0.1) is 0 Å². The molecule has 1 amide bonds. The van der Waals surface area contributed by atoms with Crippen LogP contribution in [0.3, 0.4) is 0 Å². The van der Waals surface area contributed by atoms with Crippen LogP contribution in [0, 0.1) is 5.92 Å². The molecule has 0 aromatic carbocycles. The highest BCUT2D eigenvalue weighted by Crippen LogP contribution is 2.21. The Morgan fingerprint density at radius 1 is 0.938 bits per heavy atom. The molecule has 0 aromatic heterocycles. The lowest BCUT2D eigenvalue weighted by Gasteiger charge is -2.20. The molecule has 2 unspecified atom stereocenters. The molecule has 0 aliphatic rings. The van der Waals surface area contributed by atoms with Gasteiger partial charge in [-0.1, -0.05) is 66.4 Å². The molecule has 3 nitrogen and oxygen atoms in total. The second kappa shape index (κ2) is 18.8. The molecule has 0 aliphatic carbocycles. The summed E-state index contributed by atoms with van der Waals surface area (Å²) in [5.74, 6) is 0.423. The highest BCUT2D eigenvalue weighted by Gasteiger charge is 2.14. The van der Waals surface area contributed by atoms with E-state index in [1.165, 1.54) is 22.3 Å². The first-order valence-corrected chi connectivity index (χ1v) is 12.7. The topological polar surface area (TPSA) is 38.3 Å². The number of ether oxygens (including phenoxy) is 1. The fourth-order valence-corrected chi connectivity index (χ4v) is 3.79. The Balaban J connectivity index is 4.57. The fourth-order valence-electron chi connectivity index (χ4n) is 3.79. The van der Waals surface area contributed by atoms with E-state index in [1.54, 1.807) is 0 Å². The zero-order valence-electron chi connectivity index (χ0n) is 22.4. The van der Waals surface area contributed by atoms with Gasteiger partial charge >= 0.3 is 6.09 Å². The van der Waals surface area contributed by atoms with Crippen LogP contribution in [-0.4, -0.2) is 18.7 Å². The lowest BCUT2D eigenvalue weighted by Crippen LogP contribution is -2.34. The highest BCUT2D eigenvalue weighted by molar-refractivity contribution is 5.67. The van der Waals surface area contributed by atoms with Crippen molar-refractivity contribution in [2.24, 2.45) is 5.92 Å². The largest absolute Gasteiger partial charge is 0.450 e. The second-order valence-electron chi connectivity index (χ2n) is 9.65. The smallest absolute Gasteiger partial charge is 0.407 e. The molecule has 184 valence electrons. The number of nitrogens with one attached hydrogen (secondary N) is 1. The standard InChI is InChI=1S/C29H51NO2/c1-9-11-12-19-32-29(31)30-27(8)22-28(20-23(3)4)21-26(7)18-14-17-25(6)16-13-15-24(5)10-2/h10,16,18,20,27-28H,9,11-15,17,19,21-22H2,1-8H3,(H,30,31)/b24-10+,25-16+,26-18+. The normalized spacial score (nSPS) is 14.7. The van der Waals surface area contributed by atoms with Crippen molar-refractivity contribution in [3.05, 3.63) is 46.6 Å². The van der Waals surface area contributed by atoms with Gasteiger partial charge in [0.2, 0.25) is 0 Å². The van der Waals surface area contributed by atoms with E-state index in [2.05, 4.69) is 85.0 Å². The minimum Gasteiger partial charge on any atom is -0.450 e. The van der Waals surface area contributed by atoms with Crippen LogP contribution in [0.2, 0.25) is 0 Å². The first-order valence-electron chi connectivity index (χ1n) is 12.7. The van der Waals surface area contributed by atoms with Gasteiger partial charge in [0.15, 0.2) is 0 Å². The molecule has 0 bridgehead atoms. The van der Waals surface area contributed by atoms with Crippen LogP contribution in [0.4, 0.5) is 4.79 Å². The van der Waals surface area contributed by atoms with Crippen LogP contribution in [0.15, 0.2) is 46.6 Å². The van der Waals surface area contributed by atoms with Gasteiger partial charge in [-0.25, -0.2) is 4.79 Å². The SMILES string of the molecule is C/C=C(\C)CC/C=C(\C)CC/C=C(\C)CC(C=C(C)C)CC(C)NC(=O)OCCCCC. The number of unbranched alkanes of at least 4 members (excludes halogenated alkanes) is 2. The maximum Gasteiger partial charge on any atom is 0.407 e. The maximum absolute atomic E-state index is 12.0. The van der Waals surface area contributed by atoms with Crippen molar-refractivity contribution in [3.8, 4) is 0 Å². The van der Waals surface area contributed by atoms with Gasteiger partial charge in [0, 0.05) is 6.04 Å². The van der Waals surface area contributed by atoms with Gasteiger partial charge in [0.25, 0.3) is 0 Å². The minimum atomic E-state index is -0.288. The molecule has 2 atom stereocenters. The zero-order chi connectivity index (χ0) is 24.4. The molecule has 0 radical (unpaired) electrons. The zero-order valence-corrected chi connectivity index (χ0v) is 22.4. The van der Waals surface area contributed by atoms with Crippen LogP contribution in [0.25, 0.3) is 0 Å². The number of allylic oxidation sites excluding steroid dienone is 8. The first-order chi connectivity index (χ1) is 15.2. The molecule has 0 fully saturated rings. The van der Waals surface area contributed by atoms with Gasteiger partial charge < -0.3 is 10.1 Å². The summed E-state index contributed by atoms with van der Waals surface area (Å²) in [5, 5.41) is 3.00. The van der Waals surface area contributed by atoms with Crippen molar-refractivity contribution in [2.45, 2.75) is 119 Å². The quantitative estimate of drug-likeness (QED) is 0.190. The van der Waals surface area contributed by atoms with Crippen LogP contribution in [0.1, 0.15) is 113 Å². The van der Waals surface area contributed by atoms with E-state index in [4.69, 9.17) is 4.74 Å². The number of hydrogen-bond acceptors (Lipinski definition) is 2. The third-order valence-corrected chi connectivity index (χ3v) is 5.71. The summed E-state index contributed by atoms with van der Waals surface area (Å²) in [4.78, 5) is 12.0. The Morgan fingerprint density at radius 3 is 2.16 bits per heavy atom. The predicted molar refractivity (Wildman–Crippen MR) is 141 cm³/mol. The Morgan fingerprint density at radius 2 is 1.56 bits per heavy atom. The van der Waals surface area contributed by atoms with Crippen LogP contribution < -0.4 is 5.32 Å². The van der Waals surface area contributed by atoms with Gasteiger partial charge in [0.05, 0.1) is 6.61 Å². The van der Waals surface area contributed by atoms with Crippen LogP contribution >= 0.6 is 0 Å². The molecule has 0 heterocycles. The average Bonchev–Trinajstić information content (AvgIpc) is 2.70. The maximum atomic E-state index is 12.0. The predicted octanol–water partition coefficient (Wildman–Crippen LogP) is 9.07. The van der Waals surface area contributed by atoms with Gasteiger partial charge in [0.1, 0.15) is 0 Å². The van der Waals surface area contributed by atoms with E-state index >= 15 is 0 Å². The molecule has 0 saturated heterocycles. The lowest BCUT2D eigenvalue weighted by atomic mass is 9.91. The summed E-state index contributed by atoms with van der Waals surface area (Å²) in [6, 6.07) is 0.0906. The van der Waals surface area contributed by atoms with Crippen molar-refractivity contribution in [3.63, 3.8) is 0 Å². The van der Waals surface area contributed by atoms with E-state index in [-0.39, 0.29) is 12.1 Å². The van der Waals surface area contributed by atoms with Crippen molar-refractivity contribution >= 4 is 6.09 Å². The number of hydrogen-bond donors (Lipinski definition) is 1. The van der Waals surface area contributed by atoms with Crippen molar-refractivity contribution in [1.29, 1.82) is 0 Å². The van der Waals surface area contributed by atoms with Crippen molar-refractivity contribution < 1.29 is 9.53 Å². The average molecular weight is 446 g/mol. The number of carbonyl (C=O) groups is 1. The molecule has 0 aromatic rings. The monoisotopic (exact) mass is 445 g/mol. The van der Waals surface area contributed by atoms with Gasteiger partial charge in [-0.3, -0.25) is 0 Å². The fraction of sp³-hybridized carbons (Fsp3) is 0.690. The molecule has 0 rings (SSSR count). The summed E-state index contributed by atoms with van der Waals surface area (Å²) >= 11 is 0. The summed E-state index contributed by atoms with van der Waals surface area (Å²) in [7, 11) is 0. The lowest BCUT2D eigenvalue weighted by molar-refractivity contribution is 0.139. The van der Waals surface area contributed by atoms with Crippen LogP contribution in [-0.2, 0) is 4.74 Å².